The Labute approximate surface area is 94.0 Å². The monoisotopic (exact) mass is 224 g/mol. The number of thiophene rings is 1. The van der Waals surface area contributed by atoms with E-state index in [0.717, 1.165) is 5.56 Å². The molecule has 15 heavy (non-hydrogen) atoms. The van der Waals surface area contributed by atoms with Gasteiger partial charge in [-0.2, -0.15) is 11.3 Å². The normalized spacial score (nSPS) is 14.3. The van der Waals surface area contributed by atoms with Crippen LogP contribution in [0.25, 0.3) is 0 Å². The van der Waals surface area contributed by atoms with Gasteiger partial charge in [-0.25, -0.2) is 0 Å². The fourth-order valence-corrected chi connectivity index (χ4v) is 1.97. The van der Waals surface area contributed by atoms with Crippen LogP contribution in [0.4, 0.5) is 0 Å². The van der Waals surface area contributed by atoms with E-state index in [4.69, 9.17) is 5.73 Å². The second kappa shape index (κ2) is 5.68. The predicted molar refractivity (Wildman–Crippen MR) is 63.7 cm³/mol. The molecular weight excluding hydrogens is 208 g/mol. The summed E-state index contributed by atoms with van der Waals surface area (Å²) in [6.07, 6.45) is 2.15. The zero-order valence-corrected chi connectivity index (χ0v) is 9.59. The lowest BCUT2D eigenvalue weighted by atomic mass is 10.1. The first-order chi connectivity index (χ1) is 7.15. The average Bonchev–Trinajstić information content (AvgIpc) is 2.70. The van der Waals surface area contributed by atoms with Gasteiger partial charge in [0.15, 0.2) is 0 Å². The van der Waals surface area contributed by atoms with Crippen molar-refractivity contribution in [3.05, 3.63) is 35.0 Å². The number of rotatable bonds is 5. The van der Waals surface area contributed by atoms with Gasteiger partial charge in [-0.15, -0.1) is 6.58 Å². The molecule has 1 aromatic rings. The van der Waals surface area contributed by atoms with E-state index in [1.54, 1.807) is 17.4 Å². The topological polar surface area (TPSA) is 55.1 Å². The summed E-state index contributed by atoms with van der Waals surface area (Å²) in [6.45, 7) is 5.50. The summed E-state index contributed by atoms with van der Waals surface area (Å²) >= 11 is 1.61. The SMILES string of the molecule is C=CCC(N)C(=O)NC(C)c1ccsc1. The minimum atomic E-state index is -0.497. The van der Waals surface area contributed by atoms with Crippen LogP contribution in [0.3, 0.4) is 0 Å². The molecule has 0 radical (unpaired) electrons. The van der Waals surface area contributed by atoms with Gasteiger partial charge in [0.2, 0.25) is 5.91 Å². The molecule has 1 aromatic heterocycles. The van der Waals surface area contributed by atoms with Crippen molar-refractivity contribution in [1.29, 1.82) is 0 Å². The molecule has 0 saturated carbocycles. The Balaban J connectivity index is 2.48. The second-order valence-corrected chi connectivity index (χ2v) is 4.20. The lowest BCUT2D eigenvalue weighted by molar-refractivity contribution is -0.122. The molecule has 3 N–H and O–H groups in total. The van der Waals surface area contributed by atoms with Gasteiger partial charge in [0.1, 0.15) is 0 Å². The summed E-state index contributed by atoms with van der Waals surface area (Å²) in [7, 11) is 0. The highest BCUT2D eigenvalue weighted by Crippen LogP contribution is 2.15. The average molecular weight is 224 g/mol. The minimum absolute atomic E-state index is 0.0135. The molecule has 0 saturated heterocycles. The molecule has 0 aliphatic carbocycles. The molecule has 2 unspecified atom stereocenters. The van der Waals surface area contributed by atoms with E-state index < -0.39 is 6.04 Å². The van der Waals surface area contributed by atoms with Gasteiger partial charge in [0, 0.05) is 0 Å². The minimum Gasteiger partial charge on any atom is -0.348 e. The van der Waals surface area contributed by atoms with Gasteiger partial charge in [0.05, 0.1) is 12.1 Å². The Morgan fingerprint density at radius 1 is 1.80 bits per heavy atom. The maximum atomic E-state index is 11.6. The third-order valence-electron chi connectivity index (χ3n) is 2.16. The van der Waals surface area contributed by atoms with Gasteiger partial charge in [0.25, 0.3) is 0 Å². The van der Waals surface area contributed by atoms with E-state index in [1.165, 1.54) is 0 Å². The van der Waals surface area contributed by atoms with Gasteiger partial charge in [-0.05, 0) is 35.7 Å². The van der Waals surface area contributed by atoms with Gasteiger partial charge in [-0.1, -0.05) is 6.08 Å². The van der Waals surface area contributed by atoms with Crippen LogP contribution >= 0.6 is 11.3 Å². The number of nitrogens with one attached hydrogen (secondary N) is 1. The van der Waals surface area contributed by atoms with Crippen LogP contribution in [0.5, 0.6) is 0 Å². The second-order valence-electron chi connectivity index (χ2n) is 3.42. The molecular formula is C11H16N2OS. The highest BCUT2D eigenvalue weighted by atomic mass is 32.1. The highest BCUT2D eigenvalue weighted by molar-refractivity contribution is 7.07. The fraction of sp³-hybridized carbons (Fsp3) is 0.364. The standard InChI is InChI=1S/C11H16N2OS/c1-3-4-10(12)11(14)13-8(2)9-5-6-15-7-9/h3,5-8,10H,1,4,12H2,2H3,(H,13,14). The van der Waals surface area contributed by atoms with Crippen molar-refractivity contribution >= 4 is 17.2 Å². The van der Waals surface area contributed by atoms with Crippen LogP contribution in [-0.4, -0.2) is 11.9 Å². The van der Waals surface area contributed by atoms with Crippen molar-refractivity contribution in [3.63, 3.8) is 0 Å². The molecule has 4 heteroatoms. The summed E-state index contributed by atoms with van der Waals surface area (Å²) < 4.78 is 0. The van der Waals surface area contributed by atoms with E-state index in [0.29, 0.717) is 6.42 Å². The molecule has 0 spiro atoms. The van der Waals surface area contributed by atoms with Crippen molar-refractivity contribution in [2.24, 2.45) is 5.73 Å². The Hall–Kier alpha value is -1.13. The van der Waals surface area contributed by atoms with Crippen LogP contribution in [0.15, 0.2) is 29.5 Å². The maximum Gasteiger partial charge on any atom is 0.237 e. The molecule has 0 aliphatic heterocycles. The molecule has 3 nitrogen and oxygen atoms in total. The molecule has 1 rings (SSSR count). The number of nitrogens with two attached hydrogens (primary N) is 1. The summed E-state index contributed by atoms with van der Waals surface area (Å²) in [5, 5.41) is 6.87. The Kier molecular flexibility index (Phi) is 4.52. The van der Waals surface area contributed by atoms with E-state index >= 15 is 0 Å². The number of hydrogen-bond acceptors (Lipinski definition) is 3. The largest absolute Gasteiger partial charge is 0.348 e. The lowest BCUT2D eigenvalue weighted by Gasteiger charge is -2.15. The van der Waals surface area contributed by atoms with Crippen molar-refractivity contribution in [3.8, 4) is 0 Å². The summed E-state index contributed by atoms with van der Waals surface area (Å²) in [6, 6.07) is 1.51. The zero-order chi connectivity index (χ0) is 11.3. The number of hydrogen-bond donors (Lipinski definition) is 2. The maximum absolute atomic E-state index is 11.6. The van der Waals surface area contributed by atoms with Crippen molar-refractivity contribution in [1.82, 2.24) is 5.32 Å². The number of amides is 1. The summed E-state index contributed by atoms with van der Waals surface area (Å²) in [5.74, 6) is -0.131. The van der Waals surface area contributed by atoms with Gasteiger partial charge < -0.3 is 11.1 Å². The number of carbonyl (C=O) groups excluding carboxylic acids is 1. The van der Waals surface area contributed by atoms with E-state index in [2.05, 4.69) is 11.9 Å². The Bertz CT molecular complexity index is 321. The Morgan fingerprint density at radius 2 is 2.53 bits per heavy atom. The van der Waals surface area contributed by atoms with Crippen LogP contribution in [0.2, 0.25) is 0 Å². The molecule has 0 fully saturated rings. The first-order valence-corrected chi connectivity index (χ1v) is 5.78. The lowest BCUT2D eigenvalue weighted by Crippen LogP contribution is -2.41. The first kappa shape index (κ1) is 11.9. The Morgan fingerprint density at radius 3 is 3.07 bits per heavy atom. The quantitative estimate of drug-likeness (QED) is 0.750. The third-order valence-corrected chi connectivity index (χ3v) is 2.86. The summed E-state index contributed by atoms with van der Waals surface area (Å²) in [5.41, 5.74) is 6.76. The van der Waals surface area contributed by atoms with Gasteiger partial charge >= 0.3 is 0 Å². The first-order valence-electron chi connectivity index (χ1n) is 4.84. The van der Waals surface area contributed by atoms with Crippen molar-refractivity contribution in [2.45, 2.75) is 25.4 Å². The van der Waals surface area contributed by atoms with Crippen LogP contribution in [0.1, 0.15) is 24.9 Å². The molecule has 2 atom stereocenters. The highest BCUT2D eigenvalue weighted by Gasteiger charge is 2.15. The smallest absolute Gasteiger partial charge is 0.237 e. The van der Waals surface area contributed by atoms with Crippen LogP contribution in [0, 0.1) is 0 Å². The van der Waals surface area contributed by atoms with Crippen molar-refractivity contribution < 1.29 is 4.79 Å². The van der Waals surface area contributed by atoms with Crippen LogP contribution < -0.4 is 11.1 Å². The van der Waals surface area contributed by atoms with Crippen LogP contribution in [-0.2, 0) is 4.79 Å². The molecule has 1 heterocycles. The predicted octanol–water partition coefficient (Wildman–Crippen LogP) is 1.83. The molecule has 82 valence electrons. The third kappa shape index (κ3) is 3.49. The fourth-order valence-electron chi connectivity index (χ4n) is 1.21. The zero-order valence-electron chi connectivity index (χ0n) is 8.77. The van der Waals surface area contributed by atoms with E-state index in [1.807, 2.05) is 23.8 Å². The molecule has 0 aromatic carbocycles. The van der Waals surface area contributed by atoms with Crippen molar-refractivity contribution in [2.75, 3.05) is 0 Å². The van der Waals surface area contributed by atoms with E-state index in [-0.39, 0.29) is 11.9 Å². The molecule has 0 bridgehead atoms. The van der Waals surface area contributed by atoms with E-state index in [9.17, 15) is 4.79 Å². The number of carbonyl (C=O) groups is 1. The summed E-state index contributed by atoms with van der Waals surface area (Å²) in [4.78, 5) is 11.6. The molecule has 1 amide bonds. The van der Waals surface area contributed by atoms with Gasteiger partial charge in [-0.3, -0.25) is 4.79 Å². The molecule has 0 aliphatic rings.